The fourth-order valence-electron chi connectivity index (χ4n) is 3.12. The molecule has 1 aromatic rings. The number of nitrogens with one attached hydrogen (secondary N) is 1. The molecule has 2 heterocycles. The van der Waals surface area contributed by atoms with E-state index in [0.717, 1.165) is 16.4 Å². The molecular weight excluding hydrogens is 434 g/mol. The Balaban J connectivity index is 1.74. The van der Waals surface area contributed by atoms with E-state index in [4.69, 9.17) is 15.7 Å². The number of hydrogen-bond donors (Lipinski definition) is 4. The van der Waals surface area contributed by atoms with Crippen LogP contribution in [-0.2, 0) is 28.9 Å². The predicted octanol–water partition coefficient (Wildman–Crippen LogP) is -0.425. The Morgan fingerprint density at radius 3 is 2.52 bits per heavy atom. The van der Waals surface area contributed by atoms with Gasteiger partial charge in [0.1, 0.15) is 11.7 Å². The summed E-state index contributed by atoms with van der Waals surface area (Å²) in [5.74, 6) is -3.93. The average molecular weight is 455 g/mol. The van der Waals surface area contributed by atoms with Gasteiger partial charge in [-0.05, 0) is 33.1 Å². The van der Waals surface area contributed by atoms with Crippen LogP contribution in [0.4, 0.5) is 5.13 Å². The van der Waals surface area contributed by atoms with Gasteiger partial charge >= 0.3 is 11.9 Å². The molecule has 13 nitrogen and oxygen atoms in total. The first-order valence-electron chi connectivity index (χ1n) is 9.18. The molecule has 0 bridgehead atoms. The molecule has 3 rings (SSSR count). The zero-order chi connectivity index (χ0) is 23.0. The number of hydroxylamine groups is 2. The van der Waals surface area contributed by atoms with Crippen molar-refractivity contribution in [2.75, 3.05) is 12.3 Å². The second kappa shape index (κ2) is 8.11. The predicted molar refractivity (Wildman–Crippen MR) is 105 cm³/mol. The van der Waals surface area contributed by atoms with Crippen molar-refractivity contribution in [1.29, 1.82) is 0 Å². The molecule has 5 N–H and O–H groups in total. The summed E-state index contributed by atoms with van der Waals surface area (Å²) in [6, 6.07) is -1.05. The lowest BCUT2D eigenvalue weighted by molar-refractivity contribution is -0.315. The minimum Gasteiger partial charge on any atom is -0.479 e. The number of rotatable bonds is 9. The van der Waals surface area contributed by atoms with Crippen LogP contribution < -0.4 is 11.1 Å². The second-order valence-corrected chi connectivity index (χ2v) is 8.50. The first-order chi connectivity index (χ1) is 14.5. The number of aliphatic carboxylic acids is 2. The molecule has 2 amide bonds. The SMILES string of the molecule is CC1(C)[C@H](NC(=O)/C(=N\OCC(=O)O)c2csc(N)n2)C(=O)N1OC1(C(=O)O)CCC1. The van der Waals surface area contributed by atoms with Gasteiger partial charge in [0.2, 0.25) is 6.61 Å². The summed E-state index contributed by atoms with van der Waals surface area (Å²) in [6.45, 7) is 2.42. The van der Waals surface area contributed by atoms with Crippen LogP contribution in [0, 0.1) is 0 Å². The Labute approximate surface area is 179 Å². The quantitative estimate of drug-likeness (QED) is 0.216. The molecule has 0 aromatic carbocycles. The van der Waals surface area contributed by atoms with Crippen LogP contribution in [0.15, 0.2) is 10.5 Å². The van der Waals surface area contributed by atoms with Crippen LogP contribution in [0.1, 0.15) is 38.8 Å². The first-order valence-corrected chi connectivity index (χ1v) is 10.1. The molecule has 2 fully saturated rings. The molecule has 31 heavy (non-hydrogen) atoms. The van der Waals surface area contributed by atoms with E-state index in [-0.39, 0.29) is 29.4 Å². The normalized spacial score (nSPS) is 21.6. The minimum atomic E-state index is -1.45. The molecule has 1 aliphatic heterocycles. The van der Waals surface area contributed by atoms with E-state index in [0.29, 0.717) is 6.42 Å². The van der Waals surface area contributed by atoms with Crippen molar-refractivity contribution in [3.63, 3.8) is 0 Å². The largest absolute Gasteiger partial charge is 0.479 e. The maximum Gasteiger partial charge on any atom is 0.344 e. The smallest absolute Gasteiger partial charge is 0.344 e. The van der Waals surface area contributed by atoms with E-state index in [2.05, 4.69) is 20.3 Å². The number of nitrogens with zero attached hydrogens (tertiary/aromatic N) is 3. The summed E-state index contributed by atoms with van der Waals surface area (Å²) in [5, 5.41) is 26.7. The lowest BCUT2D eigenvalue weighted by Crippen LogP contribution is -2.78. The van der Waals surface area contributed by atoms with E-state index < -0.39 is 47.5 Å². The topological polar surface area (TPSA) is 194 Å². The van der Waals surface area contributed by atoms with Crippen molar-refractivity contribution in [3.8, 4) is 0 Å². The van der Waals surface area contributed by atoms with Gasteiger partial charge in [0, 0.05) is 5.38 Å². The Kier molecular flexibility index (Phi) is 5.87. The molecule has 14 heteroatoms. The molecule has 0 spiro atoms. The number of carbonyl (C=O) groups is 4. The summed E-state index contributed by atoms with van der Waals surface area (Å²) in [7, 11) is 0. The maximum atomic E-state index is 12.8. The Bertz CT molecular complexity index is 954. The number of oxime groups is 1. The molecule has 1 saturated carbocycles. The number of aromatic nitrogens is 1. The highest BCUT2D eigenvalue weighted by atomic mass is 32.1. The van der Waals surface area contributed by atoms with Gasteiger partial charge in [0.15, 0.2) is 16.4 Å². The van der Waals surface area contributed by atoms with Crippen molar-refractivity contribution in [2.45, 2.75) is 50.3 Å². The van der Waals surface area contributed by atoms with Gasteiger partial charge in [-0.2, -0.15) is 0 Å². The highest BCUT2D eigenvalue weighted by Gasteiger charge is 2.61. The van der Waals surface area contributed by atoms with Gasteiger partial charge in [0.05, 0.1) is 5.54 Å². The highest BCUT2D eigenvalue weighted by Crippen LogP contribution is 2.42. The van der Waals surface area contributed by atoms with Gasteiger partial charge in [-0.15, -0.1) is 11.3 Å². The van der Waals surface area contributed by atoms with Crippen molar-refractivity contribution in [1.82, 2.24) is 15.4 Å². The lowest BCUT2D eigenvalue weighted by atomic mass is 9.79. The Morgan fingerprint density at radius 1 is 1.39 bits per heavy atom. The summed E-state index contributed by atoms with van der Waals surface area (Å²) in [4.78, 5) is 61.7. The maximum absolute atomic E-state index is 12.8. The number of thiazole rings is 1. The number of nitrogen functional groups attached to an aromatic ring is 1. The number of β-lactam (4-membered cyclic amide) rings is 1. The molecular formula is C17H21N5O8S. The van der Waals surface area contributed by atoms with Gasteiger partial charge in [-0.25, -0.2) is 19.6 Å². The molecule has 0 unspecified atom stereocenters. The van der Waals surface area contributed by atoms with Gasteiger partial charge in [-0.1, -0.05) is 5.16 Å². The van der Waals surface area contributed by atoms with Crippen molar-refractivity contribution < 1.29 is 39.1 Å². The van der Waals surface area contributed by atoms with Crippen LogP contribution in [0.3, 0.4) is 0 Å². The van der Waals surface area contributed by atoms with E-state index in [1.54, 1.807) is 13.8 Å². The molecule has 1 aliphatic carbocycles. The lowest BCUT2D eigenvalue weighted by Gasteiger charge is -2.55. The van der Waals surface area contributed by atoms with E-state index in [1.165, 1.54) is 5.38 Å². The molecule has 2 aliphatic rings. The van der Waals surface area contributed by atoms with Gasteiger partial charge in [-0.3, -0.25) is 14.4 Å². The average Bonchev–Trinajstić information content (AvgIpc) is 3.07. The third-order valence-corrected chi connectivity index (χ3v) is 5.77. The number of carboxylic acids is 2. The van der Waals surface area contributed by atoms with E-state index >= 15 is 0 Å². The van der Waals surface area contributed by atoms with Crippen LogP contribution in [-0.4, -0.2) is 73.5 Å². The van der Waals surface area contributed by atoms with Crippen LogP contribution in [0.25, 0.3) is 0 Å². The molecule has 1 aromatic heterocycles. The van der Waals surface area contributed by atoms with Crippen molar-refractivity contribution in [3.05, 3.63) is 11.1 Å². The van der Waals surface area contributed by atoms with E-state index in [1.807, 2.05) is 0 Å². The van der Waals surface area contributed by atoms with Crippen LogP contribution in [0.5, 0.6) is 0 Å². The number of nitrogens with two attached hydrogens (primary N) is 1. The number of anilines is 1. The molecule has 1 saturated heterocycles. The fraction of sp³-hybridized carbons (Fsp3) is 0.529. The Hall–Kier alpha value is -3.26. The van der Waals surface area contributed by atoms with E-state index in [9.17, 15) is 24.3 Å². The van der Waals surface area contributed by atoms with Gasteiger partial charge < -0.3 is 26.1 Å². The van der Waals surface area contributed by atoms with Crippen LogP contribution in [0.2, 0.25) is 0 Å². The number of carbonyl (C=O) groups excluding carboxylic acids is 2. The number of carboxylic acid groups (broad SMARTS) is 2. The Morgan fingerprint density at radius 2 is 2.06 bits per heavy atom. The molecule has 168 valence electrons. The van der Waals surface area contributed by atoms with Crippen molar-refractivity contribution >= 4 is 45.9 Å². The number of hydrogen-bond acceptors (Lipinski definition) is 10. The standard InChI is InChI=1S/C17H21N5O8S/c1-16(2)11(13(26)22(16)30-17(14(27)28)4-3-5-17)20-12(25)10(21-29-6-9(23)24)8-7-31-15(18)19-8/h7,11H,3-6H2,1-2H3,(H2,18,19)(H,20,25)(H,23,24)(H,27,28)/b21-10-/t11-/m1/s1. The third kappa shape index (κ3) is 4.16. The second-order valence-electron chi connectivity index (χ2n) is 7.62. The summed E-state index contributed by atoms with van der Waals surface area (Å²) in [6.07, 6.45) is 1.23. The molecule has 1 atom stereocenters. The summed E-state index contributed by atoms with van der Waals surface area (Å²) in [5.41, 5.74) is 2.76. The number of amides is 2. The fourth-order valence-corrected chi connectivity index (χ4v) is 3.67. The van der Waals surface area contributed by atoms with Crippen molar-refractivity contribution in [2.24, 2.45) is 5.16 Å². The highest BCUT2D eigenvalue weighted by molar-refractivity contribution is 7.13. The minimum absolute atomic E-state index is 0.0439. The zero-order valence-electron chi connectivity index (χ0n) is 16.7. The van der Waals surface area contributed by atoms with Gasteiger partial charge in [0.25, 0.3) is 11.8 Å². The summed E-state index contributed by atoms with van der Waals surface area (Å²) >= 11 is 1.03. The zero-order valence-corrected chi connectivity index (χ0v) is 17.5. The molecule has 0 radical (unpaired) electrons. The first kappa shape index (κ1) is 22.4. The van der Waals surface area contributed by atoms with Crippen LogP contribution >= 0.6 is 11.3 Å². The monoisotopic (exact) mass is 455 g/mol. The third-order valence-electron chi connectivity index (χ3n) is 5.09. The summed E-state index contributed by atoms with van der Waals surface area (Å²) < 4.78 is 0.